The van der Waals surface area contributed by atoms with Crippen LogP contribution in [0.2, 0.25) is 0 Å². The lowest BCUT2D eigenvalue weighted by molar-refractivity contribution is 0.360. The number of aromatic nitrogens is 3. The van der Waals surface area contributed by atoms with E-state index in [1.54, 1.807) is 36.4 Å². The van der Waals surface area contributed by atoms with Crippen molar-refractivity contribution >= 4 is 5.57 Å². The molecule has 0 spiro atoms. The lowest BCUT2D eigenvalue weighted by Gasteiger charge is -2.11. The van der Waals surface area contributed by atoms with E-state index in [1.807, 2.05) is 60.7 Å². The van der Waals surface area contributed by atoms with Gasteiger partial charge in [-0.25, -0.2) is 15.0 Å². The zero-order chi connectivity index (χ0) is 28.6. The molecule has 1 N–H and O–H groups in total. The SMILES string of the molecule is C=C/C=C(\C=C)c1ccc(-c2nc(-c3ccc(-c4ccccc4)cc3)nc(-c3ccc(OCC=C)cc3O)n2)cc1. The summed E-state index contributed by atoms with van der Waals surface area (Å²) >= 11 is 0. The van der Waals surface area contributed by atoms with Gasteiger partial charge in [-0.3, -0.25) is 0 Å². The fourth-order valence-electron chi connectivity index (χ4n) is 4.36. The summed E-state index contributed by atoms with van der Waals surface area (Å²) < 4.78 is 5.57. The van der Waals surface area contributed by atoms with Crippen molar-refractivity contribution in [2.45, 2.75) is 0 Å². The Kier molecular flexibility index (Phi) is 8.27. The van der Waals surface area contributed by atoms with Gasteiger partial charge in [0, 0.05) is 17.2 Å². The van der Waals surface area contributed by atoms with E-state index in [-0.39, 0.29) is 5.75 Å². The van der Waals surface area contributed by atoms with E-state index in [9.17, 15) is 5.11 Å². The Morgan fingerprint density at radius 1 is 0.683 bits per heavy atom. The van der Waals surface area contributed by atoms with Gasteiger partial charge in [-0.1, -0.05) is 123 Å². The van der Waals surface area contributed by atoms with Crippen molar-refractivity contribution in [3.05, 3.63) is 147 Å². The van der Waals surface area contributed by atoms with E-state index in [0.29, 0.717) is 35.4 Å². The number of hydrogen-bond donors (Lipinski definition) is 1. The van der Waals surface area contributed by atoms with Crippen molar-refractivity contribution in [2.24, 2.45) is 0 Å². The van der Waals surface area contributed by atoms with E-state index in [1.165, 1.54) is 0 Å². The molecular weight excluding hydrogens is 506 g/mol. The topological polar surface area (TPSA) is 68.1 Å². The maximum atomic E-state index is 10.9. The highest BCUT2D eigenvalue weighted by molar-refractivity contribution is 5.77. The molecule has 0 fully saturated rings. The monoisotopic (exact) mass is 535 g/mol. The minimum Gasteiger partial charge on any atom is -0.507 e. The highest BCUT2D eigenvalue weighted by atomic mass is 16.5. The molecule has 0 atom stereocenters. The minimum absolute atomic E-state index is 0.00891. The molecule has 1 aromatic heterocycles. The van der Waals surface area contributed by atoms with Crippen LogP contribution in [-0.4, -0.2) is 26.7 Å². The second-order valence-electron chi connectivity index (χ2n) is 9.17. The molecule has 4 aromatic carbocycles. The Labute approximate surface area is 240 Å². The number of phenols is 1. The Balaban J connectivity index is 1.59. The van der Waals surface area contributed by atoms with Crippen molar-refractivity contribution in [3.8, 4) is 56.8 Å². The largest absolute Gasteiger partial charge is 0.507 e. The van der Waals surface area contributed by atoms with Crippen molar-refractivity contribution in [1.82, 2.24) is 15.0 Å². The number of hydrogen-bond acceptors (Lipinski definition) is 5. The van der Waals surface area contributed by atoms with Crippen LogP contribution in [0.25, 0.3) is 50.9 Å². The molecule has 5 heteroatoms. The van der Waals surface area contributed by atoms with Gasteiger partial charge in [0.25, 0.3) is 0 Å². The summed E-state index contributed by atoms with van der Waals surface area (Å²) in [5, 5.41) is 10.9. The third-order valence-electron chi connectivity index (χ3n) is 6.46. The molecule has 0 unspecified atom stereocenters. The first kappa shape index (κ1) is 27.0. The first-order valence-electron chi connectivity index (χ1n) is 13.1. The second-order valence-corrected chi connectivity index (χ2v) is 9.17. The maximum Gasteiger partial charge on any atom is 0.167 e. The van der Waals surface area contributed by atoms with Crippen LogP contribution < -0.4 is 4.74 Å². The minimum atomic E-state index is 0.00891. The third kappa shape index (κ3) is 6.21. The average Bonchev–Trinajstić information content (AvgIpc) is 3.03. The predicted octanol–water partition coefficient (Wildman–Crippen LogP) is 8.57. The Hall–Kier alpha value is -5.55. The van der Waals surface area contributed by atoms with Crippen molar-refractivity contribution in [3.63, 3.8) is 0 Å². The number of allylic oxidation sites excluding steroid dienone is 4. The zero-order valence-electron chi connectivity index (χ0n) is 22.6. The van der Waals surface area contributed by atoms with E-state index in [4.69, 9.17) is 19.7 Å². The first-order chi connectivity index (χ1) is 20.1. The summed E-state index contributed by atoms with van der Waals surface area (Å²) in [6.45, 7) is 11.7. The van der Waals surface area contributed by atoms with E-state index in [2.05, 4.69) is 44.0 Å². The van der Waals surface area contributed by atoms with Gasteiger partial charge in [0.2, 0.25) is 0 Å². The number of ether oxygens (including phenoxy) is 1. The highest BCUT2D eigenvalue weighted by Crippen LogP contribution is 2.33. The van der Waals surface area contributed by atoms with Crippen LogP contribution in [0.3, 0.4) is 0 Å². The van der Waals surface area contributed by atoms with Crippen LogP contribution in [-0.2, 0) is 0 Å². The predicted molar refractivity (Wildman–Crippen MR) is 167 cm³/mol. The molecule has 5 nitrogen and oxygen atoms in total. The molecule has 0 radical (unpaired) electrons. The third-order valence-corrected chi connectivity index (χ3v) is 6.46. The van der Waals surface area contributed by atoms with Crippen LogP contribution in [0.1, 0.15) is 5.56 Å². The molecule has 5 aromatic rings. The molecule has 0 saturated carbocycles. The van der Waals surface area contributed by atoms with Crippen LogP contribution >= 0.6 is 0 Å². The molecule has 0 bridgehead atoms. The summed E-state index contributed by atoms with van der Waals surface area (Å²) in [4.78, 5) is 14.4. The number of rotatable bonds is 10. The highest BCUT2D eigenvalue weighted by Gasteiger charge is 2.16. The van der Waals surface area contributed by atoms with Gasteiger partial charge in [0.1, 0.15) is 18.1 Å². The van der Waals surface area contributed by atoms with E-state index in [0.717, 1.165) is 33.4 Å². The van der Waals surface area contributed by atoms with Gasteiger partial charge < -0.3 is 9.84 Å². The van der Waals surface area contributed by atoms with Crippen molar-refractivity contribution < 1.29 is 9.84 Å². The molecule has 0 amide bonds. The molecular formula is C36H29N3O2. The molecule has 0 aliphatic carbocycles. The Morgan fingerprint density at radius 3 is 1.85 bits per heavy atom. The van der Waals surface area contributed by atoms with Gasteiger partial charge in [-0.2, -0.15) is 0 Å². The summed E-state index contributed by atoms with van der Waals surface area (Å²) in [7, 11) is 0. The smallest absolute Gasteiger partial charge is 0.167 e. The second kappa shape index (κ2) is 12.5. The van der Waals surface area contributed by atoms with Crippen LogP contribution in [0.15, 0.2) is 141 Å². The quantitative estimate of drug-likeness (QED) is 0.143. The first-order valence-corrected chi connectivity index (χ1v) is 13.1. The summed E-state index contributed by atoms with van der Waals surface area (Å²) in [5.74, 6) is 1.88. The van der Waals surface area contributed by atoms with Gasteiger partial charge >= 0.3 is 0 Å². The van der Waals surface area contributed by atoms with Crippen molar-refractivity contribution in [1.29, 1.82) is 0 Å². The van der Waals surface area contributed by atoms with Crippen molar-refractivity contribution in [2.75, 3.05) is 6.61 Å². The molecule has 0 aliphatic rings. The number of benzene rings is 4. The van der Waals surface area contributed by atoms with E-state index < -0.39 is 0 Å². The number of nitrogens with zero attached hydrogens (tertiary/aromatic N) is 3. The van der Waals surface area contributed by atoms with Gasteiger partial charge in [-0.15, -0.1) is 0 Å². The Bertz CT molecular complexity index is 1720. The lowest BCUT2D eigenvalue weighted by Crippen LogP contribution is -2.01. The molecule has 200 valence electrons. The summed E-state index contributed by atoms with van der Waals surface area (Å²) in [6.07, 6.45) is 7.08. The summed E-state index contributed by atoms with van der Waals surface area (Å²) in [5.41, 5.74) is 6.31. The van der Waals surface area contributed by atoms with Gasteiger partial charge in [0.15, 0.2) is 17.5 Å². The molecule has 0 saturated heterocycles. The molecule has 1 heterocycles. The fourth-order valence-corrected chi connectivity index (χ4v) is 4.36. The normalized spacial score (nSPS) is 11.1. The molecule has 5 rings (SSSR count). The number of aromatic hydroxyl groups is 1. The average molecular weight is 536 g/mol. The van der Waals surface area contributed by atoms with Crippen LogP contribution in [0.5, 0.6) is 11.5 Å². The van der Waals surface area contributed by atoms with Gasteiger partial charge in [0.05, 0.1) is 5.56 Å². The molecule has 0 aliphatic heterocycles. The van der Waals surface area contributed by atoms with Crippen LogP contribution in [0.4, 0.5) is 0 Å². The van der Waals surface area contributed by atoms with E-state index >= 15 is 0 Å². The van der Waals surface area contributed by atoms with Gasteiger partial charge in [-0.05, 0) is 34.4 Å². The lowest BCUT2D eigenvalue weighted by atomic mass is 10.0. The Morgan fingerprint density at radius 2 is 1.27 bits per heavy atom. The van der Waals surface area contributed by atoms with Crippen LogP contribution in [0, 0.1) is 0 Å². The molecule has 41 heavy (non-hydrogen) atoms. The summed E-state index contributed by atoms with van der Waals surface area (Å²) in [6, 6.07) is 31.3. The standard InChI is InChI=1S/C36H29N3O2/c1-4-10-25(6-3)27-13-17-29(18-14-27)34-37-35(30-19-15-28(16-20-30)26-11-8-7-9-12-26)39-36(38-34)32-22-21-31(24-33(32)40)41-23-5-2/h4-22,24,40H,1-3,23H2/b25-10+. The maximum absolute atomic E-state index is 10.9. The number of phenolic OH excluding ortho intramolecular Hbond substituents is 1. The zero-order valence-corrected chi connectivity index (χ0v) is 22.6. The fraction of sp³-hybridized carbons (Fsp3) is 0.0278.